The summed E-state index contributed by atoms with van der Waals surface area (Å²) in [5.41, 5.74) is 0. The zero-order valence-electron chi connectivity index (χ0n) is 10.9. The molecule has 1 N–H and O–H groups in total. The largest absolute Gasteiger partial charge is 0.495 e. The van der Waals surface area contributed by atoms with E-state index in [-0.39, 0.29) is 10.9 Å². The second-order valence-corrected chi connectivity index (χ2v) is 6.90. The molecule has 2 aliphatic heterocycles. The normalized spacial score (nSPS) is 27.4. The molecule has 19 heavy (non-hydrogen) atoms. The average molecular weight is 282 g/mol. The minimum absolute atomic E-state index is 0.0925. The van der Waals surface area contributed by atoms with Crippen molar-refractivity contribution < 1.29 is 13.2 Å². The molecule has 0 unspecified atom stereocenters. The van der Waals surface area contributed by atoms with Crippen LogP contribution < -0.4 is 10.1 Å². The third-order valence-corrected chi connectivity index (χ3v) is 6.01. The fourth-order valence-electron chi connectivity index (χ4n) is 3.07. The van der Waals surface area contributed by atoms with Crippen LogP contribution >= 0.6 is 0 Å². The standard InChI is InChI=1S/C13H18N2O3S/c1-18-12-4-2-3-5-13(12)19(16,17)15-7-6-10-8-14-9-11(10)15/h2-5,10-11,14H,6-9H2,1H3/t10-,11+/m0/s1. The number of para-hydroxylation sites is 1. The van der Waals surface area contributed by atoms with Gasteiger partial charge in [-0.1, -0.05) is 12.1 Å². The molecule has 0 bridgehead atoms. The summed E-state index contributed by atoms with van der Waals surface area (Å²) >= 11 is 0. The van der Waals surface area contributed by atoms with Crippen LogP contribution in [0.4, 0.5) is 0 Å². The van der Waals surface area contributed by atoms with Gasteiger partial charge in [-0.05, 0) is 31.0 Å². The summed E-state index contributed by atoms with van der Waals surface area (Å²) in [5.74, 6) is 0.862. The summed E-state index contributed by atoms with van der Waals surface area (Å²) in [6, 6.07) is 6.91. The van der Waals surface area contributed by atoms with Crippen molar-refractivity contribution in [3.05, 3.63) is 24.3 Å². The number of nitrogens with one attached hydrogen (secondary N) is 1. The van der Waals surface area contributed by atoms with Gasteiger partial charge in [0.15, 0.2) is 0 Å². The molecule has 2 saturated heterocycles. The van der Waals surface area contributed by atoms with Gasteiger partial charge in [0, 0.05) is 19.1 Å². The van der Waals surface area contributed by atoms with E-state index in [2.05, 4.69) is 5.32 Å². The minimum Gasteiger partial charge on any atom is -0.495 e. The highest BCUT2D eigenvalue weighted by Gasteiger charge is 2.44. The predicted molar refractivity (Wildman–Crippen MR) is 71.7 cm³/mol. The van der Waals surface area contributed by atoms with Crippen LogP contribution in [0.1, 0.15) is 6.42 Å². The Balaban J connectivity index is 1.99. The number of ether oxygens (including phenoxy) is 1. The van der Waals surface area contributed by atoms with E-state index >= 15 is 0 Å². The van der Waals surface area contributed by atoms with Gasteiger partial charge in [-0.15, -0.1) is 0 Å². The van der Waals surface area contributed by atoms with Crippen LogP contribution in [0, 0.1) is 5.92 Å². The first-order chi connectivity index (χ1) is 9.14. The average Bonchev–Trinajstić information content (AvgIpc) is 3.00. The molecule has 0 aliphatic carbocycles. The Kier molecular flexibility index (Phi) is 3.24. The van der Waals surface area contributed by atoms with Gasteiger partial charge in [0.05, 0.1) is 7.11 Å². The molecule has 0 aromatic heterocycles. The molecule has 2 atom stereocenters. The lowest BCUT2D eigenvalue weighted by Crippen LogP contribution is -2.39. The van der Waals surface area contributed by atoms with E-state index in [0.29, 0.717) is 18.2 Å². The van der Waals surface area contributed by atoms with E-state index in [1.54, 1.807) is 28.6 Å². The number of sulfonamides is 1. The molecule has 3 rings (SSSR count). The Labute approximate surface area is 113 Å². The summed E-state index contributed by atoms with van der Waals surface area (Å²) in [7, 11) is -1.97. The lowest BCUT2D eigenvalue weighted by Gasteiger charge is -2.23. The van der Waals surface area contributed by atoms with Gasteiger partial charge < -0.3 is 10.1 Å². The first-order valence-corrected chi connectivity index (χ1v) is 7.94. The van der Waals surface area contributed by atoms with Crippen molar-refractivity contribution in [1.82, 2.24) is 9.62 Å². The summed E-state index contributed by atoms with van der Waals surface area (Å²) in [5, 5.41) is 3.27. The molecule has 0 amide bonds. The van der Waals surface area contributed by atoms with Gasteiger partial charge in [0.2, 0.25) is 10.0 Å². The lowest BCUT2D eigenvalue weighted by atomic mass is 10.1. The zero-order chi connectivity index (χ0) is 13.5. The van der Waals surface area contributed by atoms with E-state index < -0.39 is 10.0 Å². The molecule has 5 nitrogen and oxygen atoms in total. The predicted octanol–water partition coefficient (Wildman–Crippen LogP) is 0.678. The van der Waals surface area contributed by atoms with Crippen LogP contribution in [0.15, 0.2) is 29.2 Å². The first-order valence-electron chi connectivity index (χ1n) is 6.50. The van der Waals surface area contributed by atoms with Crippen molar-refractivity contribution in [2.45, 2.75) is 17.4 Å². The minimum atomic E-state index is -3.47. The number of methoxy groups -OCH3 is 1. The van der Waals surface area contributed by atoms with Gasteiger partial charge in [-0.2, -0.15) is 4.31 Å². The van der Waals surface area contributed by atoms with Crippen LogP contribution in [-0.4, -0.2) is 45.5 Å². The van der Waals surface area contributed by atoms with E-state index in [0.717, 1.165) is 19.5 Å². The Morgan fingerprint density at radius 2 is 2.11 bits per heavy atom. The summed E-state index contributed by atoms with van der Waals surface area (Å²) in [6.45, 7) is 2.28. The summed E-state index contributed by atoms with van der Waals surface area (Å²) in [6.07, 6.45) is 0.937. The van der Waals surface area contributed by atoms with Crippen molar-refractivity contribution in [3.8, 4) is 5.75 Å². The number of nitrogens with zero attached hydrogens (tertiary/aromatic N) is 1. The number of hydrogen-bond donors (Lipinski definition) is 1. The molecule has 2 aliphatic rings. The van der Waals surface area contributed by atoms with Gasteiger partial charge in [-0.25, -0.2) is 8.42 Å². The van der Waals surface area contributed by atoms with Gasteiger partial charge in [-0.3, -0.25) is 0 Å². The first kappa shape index (κ1) is 12.9. The molecule has 0 spiro atoms. The van der Waals surface area contributed by atoms with Gasteiger partial charge >= 0.3 is 0 Å². The van der Waals surface area contributed by atoms with E-state index in [9.17, 15) is 8.42 Å². The van der Waals surface area contributed by atoms with Crippen molar-refractivity contribution in [1.29, 1.82) is 0 Å². The summed E-state index contributed by atoms with van der Waals surface area (Å²) in [4.78, 5) is 0.269. The van der Waals surface area contributed by atoms with Crippen molar-refractivity contribution >= 4 is 10.0 Å². The molecule has 1 aromatic carbocycles. The van der Waals surface area contributed by atoms with Crippen LogP contribution in [0.25, 0.3) is 0 Å². The quantitative estimate of drug-likeness (QED) is 0.885. The molecular weight excluding hydrogens is 264 g/mol. The maximum absolute atomic E-state index is 12.8. The van der Waals surface area contributed by atoms with Crippen LogP contribution in [0.5, 0.6) is 5.75 Å². The maximum Gasteiger partial charge on any atom is 0.247 e. The van der Waals surface area contributed by atoms with Gasteiger partial charge in [0.1, 0.15) is 10.6 Å². The maximum atomic E-state index is 12.8. The summed E-state index contributed by atoms with van der Waals surface area (Å²) < 4.78 is 32.4. The topological polar surface area (TPSA) is 58.6 Å². The molecule has 2 fully saturated rings. The third kappa shape index (κ3) is 2.04. The van der Waals surface area contributed by atoms with Crippen molar-refractivity contribution in [3.63, 3.8) is 0 Å². The van der Waals surface area contributed by atoms with Crippen molar-refractivity contribution in [2.75, 3.05) is 26.7 Å². The second kappa shape index (κ2) is 4.77. The molecule has 0 radical (unpaired) electrons. The molecule has 0 saturated carbocycles. The highest BCUT2D eigenvalue weighted by atomic mass is 32.2. The number of benzene rings is 1. The molecule has 1 aromatic rings. The Bertz CT molecular complexity index is 573. The third-order valence-electron chi connectivity index (χ3n) is 4.05. The Morgan fingerprint density at radius 3 is 2.89 bits per heavy atom. The monoisotopic (exact) mass is 282 g/mol. The van der Waals surface area contributed by atoms with Gasteiger partial charge in [0.25, 0.3) is 0 Å². The highest BCUT2D eigenvalue weighted by Crippen LogP contribution is 2.34. The second-order valence-electron chi connectivity index (χ2n) is 5.04. The number of rotatable bonds is 3. The number of hydrogen-bond acceptors (Lipinski definition) is 4. The molecule has 6 heteroatoms. The van der Waals surface area contributed by atoms with E-state index in [1.807, 2.05) is 0 Å². The number of fused-ring (bicyclic) bond motifs is 1. The van der Waals surface area contributed by atoms with Crippen molar-refractivity contribution in [2.24, 2.45) is 5.92 Å². The van der Waals surface area contributed by atoms with E-state index in [4.69, 9.17) is 4.74 Å². The molecule has 104 valence electrons. The molecule has 2 heterocycles. The zero-order valence-corrected chi connectivity index (χ0v) is 11.7. The van der Waals surface area contributed by atoms with Crippen LogP contribution in [0.2, 0.25) is 0 Å². The van der Waals surface area contributed by atoms with Crippen LogP contribution in [-0.2, 0) is 10.0 Å². The fraction of sp³-hybridized carbons (Fsp3) is 0.538. The SMILES string of the molecule is COc1ccccc1S(=O)(=O)N1CC[C@H]2CNC[C@H]21. The smallest absolute Gasteiger partial charge is 0.247 e. The Morgan fingerprint density at radius 1 is 1.32 bits per heavy atom. The van der Waals surface area contributed by atoms with Crippen LogP contribution in [0.3, 0.4) is 0 Å². The lowest BCUT2D eigenvalue weighted by molar-refractivity contribution is 0.372. The fourth-order valence-corrected chi connectivity index (χ4v) is 4.92. The Hall–Kier alpha value is -1.11. The molecular formula is C13H18N2O3S. The van der Waals surface area contributed by atoms with E-state index in [1.165, 1.54) is 7.11 Å². The highest BCUT2D eigenvalue weighted by molar-refractivity contribution is 7.89.